The number of anilines is 1. The van der Waals surface area contributed by atoms with Crippen molar-refractivity contribution in [3.8, 4) is 28.5 Å². The van der Waals surface area contributed by atoms with Gasteiger partial charge in [-0.25, -0.2) is 4.52 Å². The molecule has 2 aromatic carbocycles. The van der Waals surface area contributed by atoms with E-state index in [0.29, 0.717) is 5.56 Å². The lowest BCUT2D eigenvalue weighted by molar-refractivity contribution is 0.966. The van der Waals surface area contributed by atoms with Crippen molar-refractivity contribution in [2.45, 2.75) is 0 Å². The molecule has 0 aliphatic carbocycles. The van der Waals surface area contributed by atoms with E-state index in [0.717, 1.165) is 33.6 Å². The highest BCUT2D eigenvalue weighted by Crippen LogP contribution is 2.26. The summed E-state index contributed by atoms with van der Waals surface area (Å²) in [6, 6.07) is 24.2. The van der Waals surface area contributed by atoms with Crippen LogP contribution in [-0.4, -0.2) is 16.7 Å². The van der Waals surface area contributed by atoms with Crippen molar-refractivity contribution in [1.29, 1.82) is 5.26 Å². The Morgan fingerprint density at radius 2 is 1.72 bits per heavy atom. The Labute approximate surface area is 146 Å². The lowest BCUT2D eigenvalue weighted by atomic mass is 10.1. The third kappa shape index (κ3) is 2.84. The minimum absolute atomic E-state index is 0.652. The van der Waals surface area contributed by atoms with E-state index in [1.54, 1.807) is 0 Å². The largest absolute Gasteiger partial charge is 0.388 e. The Hall–Kier alpha value is -3.58. The van der Waals surface area contributed by atoms with Gasteiger partial charge in [-0.3, -0.25) is 0 Å². The minimum Gasteiger partial charge on any atom is -0.388 e. The van der Waals surface area contributed by atoms with E-state index in [9.17, 15) is 0 Å². The van der Waals surface area contributed by atoms with Crippen LogP contribution >= 0.6 is 0 Å². The van der Waals surface area contributed by atoms with Crippen LogP contribution in [0.4, 0.5) is 5.69 Å². The van der Waals surface area contributed by atoms with Crippen molar-refractivity contribution in [3.63, 3.8) is 0 Å². The fourth-order valence-electron chi connectivity index (χ4n) is 2.88. The average molecular weight is 324 g/mol. The molecule has 0 saturated carbocycles. The molecule has 0 aliphatic rings. The van der Waals surface area contributed by atoms with Gasteiger partial charge >= 0.3 is 0 Å². The van der Waals surface area contributed by atoms with Gasteiger partial charge in [-0.05, 0) is 53.6 Å². The molecule has 0 aliphatic heterocycles. The maximum Gasteiger partial charge on any atom is 0.0991 e. The molecule has 0 spiro atoms. The lowest BCUT2D eigenvalue weighted by Crippen LogP contribution is -1.90. The highest BCUT2D eigenvalue weighted by Gasteiger charge is 2.07. The van der Waals surface area contributed by atoms with Crippen molar-refractivity contribution in [2.75, 3.05) is 12.4 Å². The summed E-state index contributed by atoms with van der Waals surface area (Å²) < 4.78 is 1.87. The summed E-state index contributed by atoms with van der Waals surface area (Å²) in [5.41, 5.74) is 6.98. The van der Waals surface area contributed by atoms with Crippen LogP contribution in [0.3, 0.4) is 0 Å². The summed E-state index contributed by atoms with van der Waals surface area (Å²) in [6.45, 7) is 0. The first kappa shape index (κ1) is 15.0. The van der Waals surface area contributed by atoms with Crippen molar-refractivity contribution in [2.24, 2.45) is 0 Å². The Balaban J connectivity index is 1.75. The van der Waals surface area contributed by atoms with Gasteiger partial charge in [-0.2, -0.15) is 10.4 Å². The van der Waals surface area contributed by atoms with Crippen molar-refractivity contribution < 1.29 is 0 Å². The van der Waals surface area contributed by atoms with E-state index in [1.807, 2.05) is 54.2 Å². The summed E-state index contributed by atoms with van der Waals surface area (Å²) in [5, 5.41) is 16.7. The number of pyridine rings is 1. The zero-order valence-electron chi connectivity index (χ0n) is 13.8. The molecule has 0 fully saturated rings. The summed E-state index contributed by atoms with van der Waals surface area (Å²) in [6.07, 6.45) is 1.98. The second-order valence-electron chi connectivity index (χ2n) is 5.83. The molecule has 0 bridgehead atoms. The monoisotopic (exact) mass is 324 g/mol. The van der Waals surface area contributed by atoms with E-state index in [4.69, 9.17) is 5.26 Å². The van der Waals surface area contributed by atoms with Crippen LogP contribution in [0, 0.1) is 11.3 Å². The summed E-state index contributed by atoms with van der Waals surface area (Å²) in [4.78, 5) is 0. The lowest BCUT2D eigenvalue weighted by Gasteiger charge is -2.05. The van der Waals surface area contributed by atoms with Gasteiger partial charge in [0.05, 0.1) is 22.8 Å². The summed E-state index contributed by atoms with van der Waals surface area (Å²) in [7, 11) is 1.92. The van der Waals surface area contributed by atoms with Gasteiger partial charge in [0.25, 0.3) is 0 Å². The zero-order chi connectivity index (χ0) is 17.2. The molecule has 0 radical (unpaired) electrons. The molecule has 4 nitrogen and oxygen atoms in total. The SMILES string of the molecule is CNc1cccc(-c2ccn3nc(-c4ccc(C#N)cc4)cc3c2)c1. The molecule has 0 amide bonds. The second-order valence-corrected chi connectivity index (χ2v) is 5.83. The van der Waals surface area contributed by atoms with Gasteiger partial charge < -0.3 is 5.32 Å². The van der Waals surface area contributed by atoms with Crippen LogP contribution in [0.5, 0.6) is 0 Å². The van der Waals surface area contributed by atoms with Crippen LogP contribution in [0.15, 0.2) is 72.9 Å². The average Bonchev–Trinajstić information content (AvgIpc) is 3.11. The molecule has 1 N–H and O–H groups in total. The number of aromatic nitrogens is 2. The summed E-state index contributed by atoms with van der Waals surface area (Å²) in [5.74, 6) is 0. The smallest absolute Gasteiger partial charge is 0.0991 e. The van der Waals surface area contributed by atoms with E-state index in [1.165, 1.54) is 0 Å². The number of hydrogen-bond acceptors (Lipinski definition) is 3. The normalized spacial score (nSPS) is 10.6. The Bertz CT molecular complexity index is 1090. The van der Waals surface area contributed by atoms with Crippen molar-refractivity contribution in [1.82, 2.24) is 9.61 Å². The molecule has 0 saturated heterocycles. The predicted octanol–water partition coefficient (Wildman–Crippen LogP) is 4.58. The van der Waals surface area contributed by atoms with Gasteiger partial charge in [-0.15, -0.1) is 0 Å². The number of nitriles is 1. The van der Waals surface area contributed by atoms with Crippen LogP contribution < -0.4 is 5.32 Å². The topological polar surface area (TPSA) is 53.1 Å². The molecule has 120 valence electrons. The molecule has 4 aromatic rings. The minimum atomic E-state index is 0.652. The van der Waals surface area contributed by atoms with Crippen LogP contribution in [0.2, 0.25) is 0 Å². The first-order valence-electron chi connectivity index (χ1n) is 8.05. The predicted molar refractivity (Wildman–Crippen MR) is 100 cm³/mol. The maximum absolute atomic E-state index is 8.92. The third-order valence-corrected chi connectivity index (χ3v) is 4.26. The second kappa shape index (κ2) is 6.14. The van der Waals surface area contributed by atoms with E-state index in [2.05, 4.69) is 46.8 Å². The van der Waals surface area contributed by atoms with Gasteiger partial charge in [0.1, 0.15) is 0 Å². The van der Waals surface area contributed by atoms with Crippen LogP contribution in [-0.2, 0) is 0 Å². The molecule has 4 heteroatoms. The van der Waals surface area contributed by atoms with Gasteiger partial charge in [0.2, 0.25) is 0 Å². The quantitative estimate of drug-likeness (QED) is 0.600. The fraction of sp³-hybridized carbons (Fsp3) is 0.0476. The molecule has 0 unspecified atom stereocenters. The molecule has 25 heavy (non-hydrogen) atoms. The highest BCUT2D eigenvalue weighted by atomic mass is 15.2. The number of benzene rings is 2. The highest BCUT2D eigenvalue weighted by molar-refractivity contribution is 5.74. The molecular formula is C21H16N4. The summed E-state index contributed by atoms with van der Waals surface area (Å²) >= 11 is 0. The van der Waals surface area contributed by atoms with Crippen molar-refractivity contribution >= 4 is 11.2 Å². The van der Waals surface area contributed by atoms with E-state index >= 15 is 0 Å². The number of fused-ring (bicyclic) bond motifs is 1. The van der Waals surface area contributed by atoms with Gasteiger partial charge in [-0.1, -0.05) is 24.3 Å². The van der Waals surface area contributed by atoms with Crippen LogP contribution in [0.1, 0.15) is 5.56 Å². The standard InChI is InChI=1S/C21H16N4/c1-23-19-4-2-3-17(11-19)18-9-10-25-20(12-18)13-21(24-25)16-7-5-15(14-22)6-8-16/h2-13,23H,1H3. The van der Waals surface area contributed by atoms with Gasteiger partial charge in [0.15, 0.2) is 0 Å². The van der Waals surface area contributed by atoms with E-state index < -0.39 is 0 Å². The number of hydrogen-bond donors (Lipinski definition) is 1. The first-order chi connectivity index (χ1) is 12.3. The zero-order valence-corrected chi connectivity index (χ0v) is 13.8. The molecule has 0 atom stereocenters. The Morgan fingerprint density at radius 1 is 0.920 bits per heavy atom. The van der Waals surface area contributed by atoms with Gasteiger partial charge in [0, 0.05) is 24.5 Å². The van der Waals surface area contributed by atoms with Crippen molar-refractivity contribution in [3.05, 3.63) is 78.5 Å². The molecule has 2 heterocycles. The number of nitrogens with zero attached hydrogens (tertiary/aromatic N) is 3. The Morgan fingerprint density at radius 3 is 2.48 bits per heavy atom. The molecule has 4 rings (SSSR count). The number of rotatable bonds is 3. The van der Waals surface area contributed by atoms with Crippen LogP contribution in [0.25, 0.3) is 27.9 Å². The fourth-order valence-corrected chi connectivity index (χ4v) is 2.88. The molecule has 2 aromatic heterocycles. The van der Waals surface area contributed by atoms with E-state index in [-0.39, 0.29) is 0 Å². The Kier molecular flexibility index (Phi) is 3.68. The molecular weight excluding hydrogens is 308 g/mol. The number of nitrogens with one attached hydrogen (secondary N) is 1. The first-order valence-corrected chi connectivity index (χ1v) is 8.05. The maximum atomic E-state index is 8.92. The third-order valence-electron chi connectivity index (χ3n) is 4.26.